The van der Waals surface area contributed by atoms with Crippen molar-refractivity contribution in [2.24, 2.45) is 5.10 Å². The summed E-state index contributed by atoms with van der Waals surface area (Å²) in [5.41, 5.74) is 4.87. The highest BCUT2D eigenvalue weighted by molar-refractivity contribution is 7.21. The normalized spacial score (nSPS) is 11.6. The number of amides is 1. The smallest absolute Gasteiger partial charge is 0.303 e. The number of benzene rings is 2. The summed E-state index contributed by atoms with van der Waals surface area (Å²) in [5, 5.41) is 14.3. The molecule has 0 saturated heterocycles. The van der Waals surface area contributed by atoms with E-state index in [1.165, 1.54) is 11.3 Å². The average Bonchev–Trinajstić information content (AvgIpc) is 2.98. The van der Waals surface area contributed by atoms with Gasteiger partial charge in [-0.2, -0.15) is 5.10 Å². The van der Waals surface area contributed by atoms with Gasteiger partial charge < -0.3 is 5.11 Å². The zero-order valence-corrected chi connectivity index (χ0v) is 16.1. The standard InChI is InChI=1S/C20H17ClN2O3S/c1-12-7-8-14-16(11-12)27-19(18(14)21)20(26)23-22-15(9-10-17(24)25)13-5-3-2-4-6-13/h2-8,11H,9-10H2,1H3,(H,23,26)(H,24,25)/b22-15-. The number of nitrogens with zero attached hydrogens (tertiary/aromatic N) is 1. The van der Waals surface area contributed by atoms with Crippen molar-refractivity contribution in [3.63, 3.8) is 0 Å². The van der Waals surface area contributed by atoms with E-state index in [9.17, 15) is 9.59 Å². The summed E-state index contributed by atoms with van der Waals surface area (Å²) in [6.07, 6.45) is 0.130. The molecule has 0 aliphatic rings. The van der Waals surface area contributed by atoms with Crippen LogP contribution in [0.4, 0.5) is 0 Å². The number of carboxylic acid groups (broad SMARTS) is 1. The topological polar surface area (TPSA) is 78.8 Å². The molecule has 0 fully saturated rings. The van der Waals surface area contributed by atoms with Gasteiger partial charge in [0.1, 0.15) is 4.88 Å². The molecule has 7 heteroatoms. The summed E-state index contributed by atoms with van der Waals surface area (Å²) < 4.78 is 0.934. The number of nitrogens with one attached hydrogen (secondary N) is 1. The molecule has 0 aliphatic carbocycles. The lowest BCUT2D eigenvalue weighted by atomic mass is 10.1. The Labute approximate surface area is 165 Å². The van der Waals surface area contributed by atoms with Crippen molar-refractivity contribution in [3.8, 4) is 0 Å². The lowest BCUT2D eigenvalue weighted by Crippen LogP contribution is -2.20. The second-order valence-electron chi connectivity index (χ2n) is 6.00. The first-order chi connectivity index (χ1) is 13.0. The minimum atomic E-state index is -0.923. The Bertz CT molecular complexity index is 1030. The number of rotatable bonds is 6. The minimum Gasteiger partial charge on any atom is -0.481 e. The van der Waals surface area contributed by atoms with E-state index in [4.69, 9.17) is 16.7 Å². The number of carbonyl (C=O) groups is 2. The molecule has 0 bridgehead atoms. The largest absolute Gasteiger partial charge is 0.481 e. The zero-order chi connectivity index (χ0) is 19.4. The van der Waals surface area contributed by atoms with Crippen LogP contribution in [0.5, 0.6) is 0 Å². The van der Waals surface area contributed by atoms with Crippen molar-refractivity contribution in [3.05, 3.63) is 69.6 Å². The highest BCUT2D eigenvalue weighted by Gasteiger charge is 2.17. The van der Waals surface area contributed by atoms with Gasteiger partial charge in [0.05, 0.1) is 17.2 Å². The lowest BCUT2D eigenvalue weighted by Gasteiger charge is -2.06. The van der Waals surface area contributed by atoms with E-state index in [1.807, 2.05) is 55.5 Å². The Morgan fingerprint density at radius 2 is 1.89 bits per heavy atom. The van der Waals surface area contributed by atoms with Gasteiger partial charge in [-0.15, -0.1) is 11.3 Å². The third-order valence-electron chi connectivity index (χ3n) is 3.97. The van der Waals surface area contributed by atoms with Crippen LogP contribution in [0.15, 0.2) is 53.6 Å². The van der Waals surface area contributed by atoms with Gasteiger partial charge in [0.15, 0.2) is 0 Å². The van der Waals surface area contributed by atoms with Crippen molar-refractivity contribution in [2.75, 3.05) is 0 Å². The maximum Gasteiger partial charge on any atom is 0.303 e. The number of aliphatic carboxylic acids is 1. The Hall–Kier alpha value is -2.70. The van der Waals surface area contributed by atoms with Gasteiger partial charge in [-0.1, -0.05) is 54.1 Å². The second-order valence-corrected chi connectivity index (χ2v) is 7.43. The van der Waals surface area contributed by atoms with E-state index in [0.29, 0.717) is 15.6 Å². The van der Waals surface area contributed by atoms with Crippen molar-refractivity contribution in [2.45, 2.75) is 19.8 Å². The highest BCUT2D eigenvalue weighted by Crippen LogP contribution is 2.35. The summed E-state index contributed by atoms with van der Waals surface area (Å²) in [7, 11) is 0. The number of carboxylic acids is 1. The predicted molar refractivity (Wildman–Crippen MR) is 109 cm³/mol. The van der Waals surface area contributed by atoms with Crippen LogP contribution in [0.2, 0.25) is 5.02 Å². The van der Waals surface area contributed by atoms with Crippen molar-refractivity contribution < 1.29 is 14.7 Å². The number of halogens is 1. The lowest BCUT2D eigenvalue weighted by molar-refractivity contribution is -0.136. The molecule has 5 nitrogen and oxygen atoms in total. The van der Waals surface area contributed by atoms with Crippen molar-refractivity contribution >= 4 is 50.6 Å². The van der Waals surface area contributed by atoms with Gasteiger partial charge in [0.2, 0.25) is 0 Å². The first-order valence-electron chi connectivity index (χ1n) is 8.28. The van der Waals surface area contributed by atoms with Crippen LogP contribution >= 0.6 is 22.9 Å². The highest BCUT2D eigenvalue weighted by atomic mass is 35.5. The molecule has 1 heterocycles. The first-order valence-corrected chi connectivity index (χ1v) is 9.48. The van der Waals surface area contributed by atoms with E-state index in [2.05, 4.69) is 10.5 Å². The molecule has 0 spiro atoms. The zero-order valence-electron chi connectivity index (χ0n) is 14.5. The average molecular weight is 401 g/mol. The Morgan fingerprint density at radius 3 is 2.59 bits per heavy atom. The number of aryl methyl sites for hydroxylation is 1. The first kappa shape index (κ1) is 19.1. The fourth-order valence-corrected chi connectivity index (χ4v) is 4.11. The molecular formula is C20H17ClN2O3S. The van der Waals surface area contributed by atoms with Gasteiger partial charge >= 0.3 is 5.97 Å². The summed E-state index contributed by atoms with van der Waals surface area (Å²) in [5.74, 6) is -1.34. The molecule has 0 aliphatic heterocycles. The van der Waals surface area contributed by atoms with Crippen LogP contribution < -0.4 is 5.43 Å². The number of hydrogen-bond acceptors (Lipinski definition) is 4. The van der Waals surface area contributed by atoms with Gasteiger partial charge in [-0.3, -0.25) is 9.59 Å². The Morgan fingerprint density at radius 1 is 1.15 bits per heavy atom. The molecule has 1 amide bonds. The molecule has 138 valence electrons. The monoisotopic (exact) mass is 400 g/mol. The molecule has 0 unspecified atom stereocenters. The third kappa shape index (κ3) is 4.53. The quantitative estimate of drug-likeness (QED) is 0.458. The summed E-state index contributed by atoms with van der Waals surface area (Å²) in [6, 6.07) is 15.0. The molecule has 2 N–H and O–H groups in total. The predicted octanol–water partition coefficient (Wildman–Crippen LogP) is 4.86. The number of carbonyl (C=O) groups excluding carboxylic acids is 1. The van der Waals surface area contributed by atoms with Gasteiger partial charge in [0.25, 0.3) is 5.91 Å². The Balaban J connectivity index is 1.86. The van der Waals surface area contributed by atoms with Gasteiger partial charge in [-0.25, -0.2) is 5.43 Å². The number of hydrogen-bond donors (Lipinski definition) is 2. The SMILES string of the molecule is Cc1ccc2c(Cl)c(C(=O)N/N=C(/CCC(=O)O)c3ccccc3)sc2c1. The van der Waals surface area contributed by atoms with Crippen LogP contribution in [0.1, 0.15) is 33.6 Å². The number of hydrazone groups is 1. The second kappa shape index (κ2) is 8.33. The molecule has 2 aromatic carbocycles. The molecule has 3 rings (SSSR count). The maximum absolute atomic E-state index is 12.6. The fraction of sp³-hybridized carbons (Fsp3) is 0.150. The van der Waals surface area contributed by atoms with Crippen LogP contribution in [0.25, 0.3) is 10.1 Å². The molecule has 0 atom stereocenters. The van der Waals surface area contributed by atoms with Crippen LogP contribution in [-0.2, 0) is 4.79 Å². The van der Waals surface area contributed by atoms with Crippen LogP contribution in [-0.4, -0.2) is 22.7 Å². The van der Waals surface area contributed by atoms with Gasteiger partial charge in [-0.05, 0) is 24.1 Å². The molecule has 1 aromatic heterocycles. The number of thiophene rings is 1. The molecule has 0 radical (unpaired) electrons. The van der Waals surface area contributed by atoms with E-state index in [0.717, 1.165) is 21.2 Å². The summed E-state index contributed by atoms with van der Waals surface area (Å²) in [6.45, 7) is 1.98. The fourth-order valence-electron chi connectivity index (χ4n) is 2.61. The molecular weight excluding hydrogens is 384 g/mol. The molecule has 3 aromatic rings. The van der Waals surface area contributed by atoms with Crippen LogP contribution in [0.3, 0.4) is 0 Å². The van der Waals surface area contributed by atoms with Crippen LogP contribution in [0, 0.1) is 6.92 Å². The van der Waals surface area contributed by atoms with E-state index < -0.39 is 11.9 Å². The van der Waals surface area contributed by atoms with E-state index >= 15 is 0 Å². The molecule has 0 saturated carbocycles. The third-order valence-corrected chi connectivity index (χ3v) is 5.62. The van der Waals surface area contributed by atoms with Gasteiger partial charge in [0, 0.05) is 16.5 Å². The van der Waals surface area contributed by atoms with Crippen molar-refractivity contribution in [1.82, 2.24) is 5.43 Å². The van der Waals surface area contributed by atoms with Crippen molar-refractivity contribution in [1.29, 1.82) is 0 Å². The summed E-state index contributed by atoms with van der Waals surface area (Å²) >= 11 is 7.67. The molecule has 27 heavy (non-hydrogen) atoms. The Kier molecular flexibility index (Phi) is 5.88. The van der Waals surface area contributed by atoms with E-state index in [1.54, 1.807) is 0 Å². The van der Waals surface area contributed by atoms with E-state index in [-0.39, 0.29) is 12.8 Å². The maximum atomic E-state index is 12.6. The number of fused-ring (bicyclic) bond motifs is 1. The summed E-state index contributed by atoms with van der Waals surface area (Å²) in [4.78, 5) is 23.9. The minimum absolute atomic E-state index is 0.0769.